The Kier molecular flexibility index (Phi) is 15.1. The Morgan fingerprint density at radius 3 is 1.87 bits per heavy atom. The van der Waals surface area contributed by atoms with E-state index in [1.54, 1.807) is 0 Å². The van der Waals surface area contributed by atoms with E-state index in [1.807, 2.05) is 4.90 Å². The minimum atomic E-state index is 0. The third kappa shape index (κ3) is 10.8. The number of hydrogen-bond acceptors (Lipinski definition) is 2. The molecule has 2 aliphatic heterocycles. The fraction of sp³-hybridized carbons (Fsp3) is 0.960. The van der Waals surface area contributed by atoms with Gasteiger partial charge >= 0.3 is 0 Å². The predicted octanol–water partition coefficient (Wildman–Crippen LogP) is 3.59. The maximum absolute atomic E-state index is 12.0. The minimum absolute atomic E-state index is 0. The molecule has 2 aliphatic rings. The van der Waals surface area contributed by atoms with Gasteiger partial charge in [0.2, 0.25) is 5.91 Å². The van der Waals surface area contributed by atoms with Crippen molar-refractivity contribution in [2.24, 2.45) is 0 Å². The molecule has 2 saturated heterocycles. The lowest BCUT2D eigenvalue weighted by Gasteiger charge is -2.34. The molecule has 2 atom stereocenters. The first kappa shape index (κ1) is 27.7. The highest BCUT2D eigenvalue weighted by atomic mass is 35.5. The summed E-state index contributed by atoms with van der Waals surface area (Å²) in [7, 11) is 0. The monoisotopic (exact) mass is 444 g/mol. The van der Waals surface area contributed by atoms with E-state index in [9.17, 15) is 4.79 Å². The SMILES string of the molecule is CCCCCCCCCCCCCCCC[N+]1(CN2CCCC2=O)CCC(C)O1.[Cl-]. The standard InChI is InChI=1S/C25H49N2O2.ClH/c1-3-4-5-6-7-8-9-10-11-12-13-14-15-16-21-27(22-19-24(2)29-27)23-26-20-17-18-25(26)28;/h24H,3-23H2,1-2H3;1H/q+1;/p-1. The van der Waals surface area contributed by atoms with Gasteiger partial charge in [-0.3, -0.25) is 9.69 Å². The van der Waals surface area contributed by atoms with E-state index in [4.69, 9.17) is 4.84 Å². The smallest absolute Gasteiger partial charge is 0.226 e. The summed E-state index contributed by atoms with van der Waals surface area (Å²) in [5.41, 5.74) is 0. The van der Waals surface area contributed by atoms with Gasteiger partial charge in [-0.2, -0.15) is 9.48 Å². The molecule has 0 aromatic heterocycles. The van der Waals surface area contributed by atoms with Gasteiger partial charge in [-0.15, -0.1) is 0 Å². The topological polar surface area (TPSA) is 29.5 Å². The zero-order valence-corrected chi connectivity index (χ0v) is 20.8. The highest BCUT2D eigenvalue weighted by Crippen LogP contribution is 2.26. The Hall–Kier alpha value is -0.320. The van der Waals surface area contributed by atoms with Gasteiger partial charge in [-0.05, 0) is 26.2 Å². The van der Waals surface area contributed by atoms with Crippen LogP contribution in [0.4, 0.5) is 0 Å². The quantitative estimate of drug-likeness (QED) is 0.253. The molecule has 0 saturated carbocycles. The maximum Gasteiger partial charge on any atom is 0.226 e. The van der Waals surface area contributed by atoms with Gasteiger partial charge in [-0.25, -0.2) is 0 Å². The van der Waals surface area contributed by atoms with E-state index in [0.29, 0.717) is 16.7 Å². The number of carbonyl (C=O) groups is 1. The molecule has 0 N–H and O–H groups in total. The molecule has 2 heterocycles. The molecular formula is C25H49ClN2O2. The number of nitrogens with zero attached hydrogens (tertiary/aromatic N) is 2. The van der Waals surface area contributed by atoms with Crippen molar-refractivity contribution in [1.29, 1.82) is 0 Å². The number of carbonyl (C=O) groups excluding carboxylic acids is 1. The third-order valence-corrected chi connectivity index (χ3v) is 6.87. The van der Waals surface area contributed by atoms with Gasteiger partial charge in [0, 0.05) is 19.4 Å². The summed E-state index contributed by atoms with van der Waals surface area (Å²) in [4.78, 5) is 20.4. The lowest BCUT2D eigenvalue weighted by molar-refractivity contribution is -1.10. The normalized spacial score (nSPS) is 23.9. The summed E-state index contributed by atoms with van der Waals surface area (Å²) >= 11 is 0. The summed E-state index contributed by atoms with van der Waals surface area (Å²) in [5, 5.41) is 0. The van der Waals surface area contributed by atoms with Crippen LogP contribution >= 0.6 is 0 Å². The van der Waals surface area contributed by atoms with Crippen LogP contribution < -0.4 is 12.4 Å². The number of likely N-dealkylation sites (tertiary alicyclic amines) is 1. The zero-order chi connectivity index (χ0) is 20.8. The number of rotatable bonds is 17. The largest absolute Gasteiger partial charge is 1.00 e. The van der Waals surface area contributed by atoms with E-state index >= 15 is 0 Å². The van der Waals surface area contributed by atoms with E-state index < -0.39 is 0 Å². The van der Waals surface area contributed by atoms with Crippen LogP contribution in [0.15, 0.2) is 0 Å². The first-order valence-corrected chi connectivity index (χ1v) is 13.0. The second kappa shape index (κ2) is 16.3. The van der Waals surface area contributed by atoms with Crippen LogP contribution in [0.5, 0.6) is 0 Å². The lowest BCUT2D eigenvalue weighted by atomic mass is 10.0. The van der Waals surface area contributed by atoms with Crippen molar-refractivity contribution in [3.05, 3.63) is 0 Å². The number of halogens is 1. The van der Waals surface area contributed by atoms with Crippen LogP contribution in [-0.2, 0) is 9.63 Å². The summed E-state index contributed by atoms with van der Waals surface area (Å²) in [6.45, 7) is 8.32. The molecule has 30 heavy (non-hydrogen) atoms. The summed E-state index contributed by atoms with van der Waals surface area (Å²) in [6.07, 6.45) is 22.7. The van der Waals surface area contributed by atoms with Crippen molar-refractivity contribution in [2.75, 3.05) is 26.3 Å². The average Bonchev–Trinajstić information content (AvgIpc) is 3.28. The van der Waals surface area contributed by atoms with Crippen LogP contribution in [0, 0.1) is 0 Å². The molecule has 1 amide bonds. The number of unbranched alkanes of at least 4 members (excludes halogenated alkanes) is 13. The molecule has 2 unspecified atom stereocenters. The van der Waals surface area contributed by atoms with Crippen LogP contribution in [0.2, 0.25) is 0 Å². The van der Waals surface area contributed by atoms with Gasteiger partial charge in [0.05, 0.1) is 0 Å². The van der Waals surface area contributed by atoms with Crippen molar-refractivity contribution in [3.63, 3.8) is 0 Å². The van der Waals surface area contributed by atoms with E-state index in [1.165, 1.54) is 89.9 Å². The molecule has 4 nitrogen and oxygen atoms in total. The van der Waals surface area contributed by atoms with Crippen LogP contribution in [0.25, 0.3) is 0 Å². The average molecular weight is 445 g/mol. The minimum Gasteiger partial charge on any atom is -1.00 e. The maximum atomic E-state index is 12.0. The van der Waals surface area contributed by atoms with Gasteiger partial charge in [-0.1, -0.05) is 84.0 Å². The van der Waals surface area contributed by atoms with Gasteiger partial charge in [0.1, 0.15) is 19.2 Å². The van der Waals surface area contributed by atoms with Crippen molar-refractivity contribution < 1.29 is 26.7 Å². The molecule has 0 aromatic carbocycles. The van der Waals surface area contributed by atoms with Crippen molar-refractivity contribution in [1.82, 2.24) is 4.90 Å². The van der Waals surface area contributed by atoms with Crippen molar-refractivity contribution >= 4 is 5.91 Å². The molecular weight excluding hydrogens is 396 g/mol. The Labute approximate surface area is 193 Å². The number of hydrogen-bond donors (Lipinski definition) is 0. The zero-order valence-electron chi connectivity index (χ0n) is 20.0. The first-order valence-electron chi connectivity index (χ1n) is 13.0. The highest BCUT2D eigenvalue weighted by Gasteiger charge is 2.41. The Bertz CT molecular complexity index is 449. The fourth-order valence-electron chi connectivity index (χ4n) is 5.00. The van der Waals surface area contributed by atoms with Gasteiger partial charge in [0.15, 0.2) is 6.67 Å². The molecule has 0 aliphatic carbocycles. The highest BCUT2D eigenvalue weighted by molar-refractivity contribution is 5.77. The molecule has 0 aromatic rings. The Morgan fingerprint density at radius 2 is 1.43 bits per heavy atom. The summed E-state index contributed by atoms with van der Waals surface area (Å²) < 4.78 is 0.700. The molecule has 2 fully saturated rings. The molecule has 0 radical (unpaired) electrons. The van der Waals surface area contributed by atoms with Crippen LogP contribution in [0.3, 0.4) is 0 Å². The predicted molar refractivity (Wildman–Crippen MR) is 121 cm³/mol. The summed E-state index contributed by atoms with van der Waals surface area (Å²) in [6, 6.07) is 0. The molecule has 5 heteroatoms. The van der Waals surface area contributed by atoms with Gasteiger partial charge < -0.3 is 12.4 Å². The lowest BCUT2D eigenvalue weighted by Crippen LogP contribution is -3.00. The van der Waals surface area contributed by atoms with Crippen LogP contribution in [-0.4, -0.2) is 47.9 Å². The number of quaternary nitrogens is 1. The number of hydroxylamine groups is 3. The van der Waals surface area contributed by atoms with Gasteiger partial charge in [0.25, 0.3) is 0 Å². The molecule has 0 spiro atoms. The Morgan fingerprint density at radius 1 is 0.900 bits per heavy atom. The molecule has 178 valence electrons. The van der Waals surface area contributed by atoms with E-state index in [0.717, 1.165) is 45.6 Å². The van der Waals surface area contributed by atoms with Crippen molar-refractivity contribution in [2.45, 2.75) is 129 Å². The van der Waals surface area contributed by atoms with Crippen molar-refractivity contribution in [3.8, 4) is 0 Å². The second-order valence-electron chi connectivity index (χ2n) is 9.71. The molecule has 0 bridgehead atoms. The fourth-order valence-corrected chi connectivity index (χ4v) is 5.00. The van der Waals surface area contributed by atoms with E-state index in [2.05, 4.69) is 13.8 Å². The van der Waals surface area contributed by atoms with Crippen LogP contribution in [0.1, 0.15) is 123 Å². The second-order valence-corrected chi connectivity index (χ2v) is 9.71. The Balaban J connectivity index is 0.00000450. The first-order chi connectivity index (χ1) is 14.2. The molecule has 2 rings (SSSR count). The third-order valence-electron chi connectivity index (χ3n) is 6.87. The van der Waals surface area contributed by atoms with E-state index in [-0.39, 0.29) is 12.4 Å². The summed E-state index contributed by atoms with van der Waals surface area (Å²) in [5.74, 6) is 0.326. The number of amides is 1.